The van der Waals surface area contributed by atoms with Crippen LogP contribution in [0.4, 0.5) is 5.69 Å². The SMILES string of the molecule is CCCCCNC(=O)c1cccc(C(=O)Nc2ccc(C(C)=O)cc2)n1. The van der Waals surface area contributed by atoms with Crippen molar-refractivity contribution in [3.05, 3.63) is 59.4 Å². The summed E-state index contributed by atoms with van der Waals surface area (Å²) in [5.41, 5.74) is 1.49. The normalized spacial score (nSPS) is 10.2. The zero-order valence-electron chi connectivity index (χ0n) is 15.0. The van der Waals surface area contributed by atoms with Gasteiger partial charge < -0.3 is 10.6 Å². The maximum Gasteiger partial charge on any atom is 0.274 e. The second-order valence-electron chi connectivity index (χ2n) is 5.96. The molecule has 1 heterocycles. The number of pyridine rings is 1. The summed E-state index contributed by atoms with van der Waals surface area (Å²) in [7, 11) is 0. The Kier molecular flexibility index (Phi) is 7.02. The molecule has 0 atom stereocenters. The van der Waals surface area contributed by atoms with E-state index in [-0.39, 0.29) is 23.1 Å². The van der Waals surface area contributed by atoms with Crippen LogP contribution in [-0.4, -0.2) is 29.1 Å². The highest BCUT2D eigenvalue weighted by Crippen LogP contribution is 2.11. The van der Waals surface area contributed by atoms with Crippen LogP contribution in [0.5, 0.6) is 0 Å². The third-order valence-corrected chi connectivity index (χ3v) is 3.83. The van der Waals surface area contributed by atoms with Crippen molar-refractivity contribution in [2.45, 2.75) is 33.1 Å². The van der Waals surface area contributed by atoms with Gasteiger partial charge in [-0.1, -0.05) is 25.8 Å². The fourth-order valence-corrected chi connectivity index (χ4v) is 2.34. The molecule has 2 rings (SSSR count). The van der Waals surface area contributed by atoms with Gasteiger partial charge in [0.2, 0.25) is 0 Å². The molecule has 2 aromatic rings. The van der Waals surface area contributed by atoms with E-state index in [9.17, 15) is 14.4 Å². The molecule has 0 aliphatic heterocycles. The smallest absolute Gasteiger partial charge is 0.274 e. The molecule has 26 heavy (non-hydrogen) atoms. The number of amides is 2. The number of rotatable bonds is 8. The number of carbonyl (C=O) groups excluding carboxylic acids is 3. The summed E-state index contributed by atoms with van der Waals surface area (Å²) in [4.78, 5) is 39.9. The largest absolute Gasteiger partial charge is 0.351 e. The first-order valence-corrected chi connectivity index (χ1v) is 8.69. The van der Waals surface area contributed by atoms with Crippen LogP contribution in [0.2, 0.25) is 0 Å². The van der Waals surface area contributed by atoms with Crippen molar-refractivity contribution in [3.8, 4) is 0 Å². The van der Waals surface area contributed by atoms with Crippen LogP contribution in [0.3, 0.4) is 0 Å². The van der Waals surface area contributed by atoms with Gasteiger partial charge in [0.1, 0.15) is 11.4 Å². The average molecular weight is 353 g/mol. The van der Waals surface area contributed by atoms with Gasteiger partial charge in [-0.15, -0.1) is 0 Å². The number of nitrogens with one attached hydrogen (secondary N) is 2. The molecule has 0 fully saturated rings. The van der Waals surface area contributed by atoms with Crippen molar-refractivity contribution in [1.82, 2.24) is 10.3 Å². The fraction of sp³-hybridized carbons (Fsp3) is 0.300. The lowest BCUT2D eigenvalue weighted by Gasteiger charge is -2.07. The van der Waals surface area contributed by atoms with E-state index in [1.54, 1.807) is 42.5 Å². The first-order chi connectivity index (χ1) is 12.5. The highest BCUT2D eigenvalue weighted by molar-refractivity contribution is 6.04. The quantitative estimate of drug-likeness (QED) is 0.562. The van der Waals surface area contributed by atoms with Crippen molar-refractivity contribution >= 4 is 23.3 Å². The molecule has 6 heteroatoms. The molecule has 136 valence electrons. The van der Waals surface area contributed by atoms with Gasteiger partial charge in [0.25, 0.3) is 11.8 Å². The van der Waals surface area contributed by atoms with E-state index in [1.807, 2.05) is 0 Å². The first-order valence-electron chi connectivity index (χ1n) is 8.69. The standard InChI is InChI=1S/C20H23N3O3/c1-3-4-5-13-21-19(25)17-7-6-8-18(23-17)20(26)22-16-11-9-15(10-12-16)14(2)24/h6-12H,3-5,13H2,1-2H3,(H,21,25)(H,22,26). The van der Waals surface area contributed by atoms with Crippen LogP contribution < -0.4 is 10.6 Å². The van der Waals surface area contributed by atoms with Gasteiger partial charge in [0.05, 0.1) is 0 Å². The summed E-state index contributed by atoms with van der Waals surface area (Å²) in [6.45, 7) is 4.17. The maximum atomic E-state index is 12.3. The molecule has 2 amide bonds. The van der Waals surface area contributed by atoms with Gasteiger partial charge >= 0.3 is 0 Å². The molecule has 0 aliphatic rings. The van der Waals surface area contributed by atoms with E-state index in [1.165, 1.54) is 6.92 Å². The van der Waals surface area contributed by atoms with Crippen molar-refractivity contribution in [2.75, 3.05) is 11.9 Å². The number of benzene rings is 1. The fourth-order valence-electron chi connectivity index (χ4n) is 2.34. The van der Waals surface area contributed by atoms with Gasteiger partial charge in [-0.25, -0.2) is 4.98 Å². The molecule has 0 saturated heterocycles. The van der Waals surface area contributed by atoms with E-state index < -0.39 is 5.91 Å². The van der Waals surface area contributed by atoms with E-state index in [0.717, 1.165) is 19.3 Å². The summed E-state index contributed by atoms with van der Waals surface area (Å²) >= 11 is 0. The highest BCUT2D eigenvalue weighted by Gasteiger charge is 2.12. The second kappa shape index (κ2) is 9.46. The molecule has 6 nitrogen and oxygen atoms in total. The van der Waals surface area contributed by atoms with E-state index >= 15 is 0 Å². The summed E-state index contributed by atoms with van der Waals surface area (Å²) in [6, 6.07) is 11.3. The number of Topliss-reactive ketones (excluding diaryl/α,β-unsaturated/α-hetero) is 1. The van der Waals surface area contributed by atoms with Gasteiger partial charge in [-0.2, -0.15) is 0 Å². The molecule has 0 aliphatic carbocycles. The van der Waals surface area contributed by atoms with Crippen molar-refractivity contribution in [3.63, 3.8) is 0 Å². The molecule has 2 N–H and O–H groups in total. The van der Waals surface area contributed by atoms with E-state index in [4.69, 9.17) is 0 Å². The number of anilines is 1. The Balaban J connectivity index is 2.00. The zero-order valence-corrected chi connectivity index (χ0v) is 15.0. The Morgan fingerprint density at radius 2 is 1.58 bits per heavy atom. The van der Waals surface area contributed by atoms with Gasteiger partial charge in [-0.3, -0.25) is 14.4 Å². The summed E-state index contributed by atoms with van der Waals surface area (Å²) in [5, 5.41) is 5.51. The van der Waals surface area contributed by atoms with Crippen molar-refractivity contribution in [1.29, 1.82) is 0 Å². The topological polar surface area (TPSA) is 88.2 Å². The molecular formula is C20H23N3O3. The van der Waals surface area contributed by atoms with Gasteiger partial charge in [-0.05, 0) is 49.7 Å². The van der Waals surface area contributed by atoms with Gasteiger partial charge in [0, 0.05) is 17.8 Å². The predicted molar refractivity (Wildman–Crippen MR) is 100 cm³/mol. The number of aromatic nitrogens is 1. The van der Waals surface area contributed by atoms with Crippen LogP contribution >= 0.6 is 0 Å². The number of nitrogens with zero attached hydrogens (tertiary/aromatic N) is 1. The lowest BCUT2D eigenvalue weighted by Crippen LogP contribution is -2.26. The number of hydrogen-bond donors (Lipinski definition) is 2. The maximum absolute atomic E-state index is 12.3. The molecule has 0 unspecified atom stereocenters. The minimum atomic E-state index is -0.416. The number of hydrogen-bond acceptors (Lipinski definition) is 4. The minimum Gasteiger partial charge on any atom is -0.351 e. The molecule has 1 aromatic heterocycles. The first kappa shape index (κ1) is 19.3. The Morgan fingerprint density at radius 3 is 2.19 bits per heavy atom. The molecule has 0 bridgehead atoms. The Hall–Kier alpha value is -3.02. The molecule has 1 aromatic carbocycles. The Labute approximate surface area is 153 Å². The van der Waals surface area contributed by atoms with Crippen molar-refractivity contribution < 1.29 is 14.4 Å². The monoisotopic (exact) mass is 353 g/mol. The van der Waals surface area contributed by atoms with Crippen LogP contribution in [0.1, 0.15) is 64.4 Å². The average Bonchev–Trinajstić information content (AvgIpc) is 2.65. The number of carbonyl (C=O) groups is 3. The van der Waals surface area contributed by atoms with Crippen molar-refractivity contribution in [2.24, 2.45) is 0 Å². The van der Waals surface area contributed by atoms with Crippen LogP contribution in [0, 0.1) is 0 Å². The van der Waals surface area contributed by atoms with Gasteiger partial charge in [0.15, 0.2) is 5.78 Å². The molecule has 0 spiro atoms. The minimum absolute atomic E-state index is 0.0396. The zero-order chi connectivity index (χ0) is 18.9. The lowest BCUT2D eigenvalue weighted by molar-refractivity contribution is 0.0946. The molecule has 0 radical (unpaired) electrons. The summed E-state index contributed by atoms with van der Waals surface area (Å²) in [5.74, 6) is -0.745. The second-order valence-corrected chi connectivity index (χ2v) is 5.96. The lowest BCUT2D eigenvalue weighted by atomic mass is 10.1. The number of unbranched alkanes of at least 4 members (excludes halogenated alkanes) is 2. The van der Waals surface area contributed by atoms with Crippen LogP contribution in [0.25, 0.3) is 0 Å². The third kappa shape index (κ3) is 5.51. The predicted octanol–water partition coefficient (Wildman–Crippen LogP) is 3.46. The van der Waals surface area contributed by atoms with E-state index in [0.29, 0.717) is 17.8 Å². The summed E-state index contributed by atoms with van der Waals surface area (Å²) < 4.78 is 0. The van der Waals surface area contributed by atoms with E-state index in [2.05, 4.69) is 22.5 Å². The summed E-state index contributed by atoms with van der Waals surface area (Å²) in [6.07, 6.45) is 3.05. The Morgan fingerprint density at radius 1 is 0.923 bits per heavy atom. The number of ketones is 1. The molecule has 0 saturated carbocycles. The Bertz CT molecular complexity index is 785. The molecular weight excluding hydrogens is 330 g/mol. The van der Waals surface area contributed by atoms with Crippen LogP contribution in [-0.2, 0) is 0 Å². The highest BCUT2D eigenvalue weighted by atomic mass is 16.2. The van der Waals surface area contributed by atoms with Crippen LogP contribution in [0.15, 0.2) is 42.5 Å². The third-order valence-electron chi connectivity index (χ3n) is 3.83.